The highest BCUT2D eigenvalue weighted by molar-refractivity contribution is 7.13. The minimum atomic E-state index is 0.201. The maximum absolute atomic E-state index is 13.0. The number of aromatic nitrogens is 4. The molecule has 0 bridgehead atoms. The number of fused-ring (bicyclic) bond motifs is 1. The van der Waals surface area contributed by atoms with Crippen molar-refractivity contribution in [3.63, 3.8) is 0 Å². The molecular formula is C20H25N5OS. The minimum absolute atomic E-state index is 0.201. The minimum Gasteiger partial charge on any atom is -0.339 e. The van der Waals surface area contributed by atoms with Crippen LogP contribution in [0.2, 0.25) is 0 Å². The Labute approximate surface area is 163 Å². The average molecular weight is 384 g/mol. The number of piperidine rings is 1. The van der Waals surface area contributed by atoms with Crippen molar-refractivity contribution in [2.24, 2.45) is 0 Å². The number of hydrogen-bond donors (Lipinski definition) is 0. The van der Waals surface area contributed by atoms with E-state index < -0.39 is 0 Å². The number of hydrogen-bond acceptors (Lipinski definition) is 5. The number of carbonyl (C=O) groups excluding carboxylic acids is 1. The SMILES string of the molecule is CC[C@H]1CCCCN1C(=O)Cc1c(C)nc2nc(-c3cccs3)nn2c1C. The van der Waals surface area contributed by atoms with Gasteiger partial charge in [-0.1, -0.05) is 13.0 Å². The van der Waals surface area contributed by atoms with Crippen LogP contribution < -0.4 is 0 Å². The van der Waals surface area contributed by atoms with E-state index in [1.807, 2.05) is 31.4 Å². The van der Waals surface area contributed by atoms with E-state index in [0.717, 1.165) is 47.6 Å². The molecule has 1 saturated heterocycles. The van der Waals surface area contributed by atoms with Crippen LogP contribution in [0.25, 0.3) is 16.5 Å². The van der Waals surface area contributed by atoms with Crippen molar-refractivity contribution in [2.75, 3.05) is 6.54 Å². The van der Waals surface area contributed by atoms with E-state index in [-0.39, 0.29) is 5.91 Å². The Balaban J connectivity index is 1.66. The Morgan fingerprint density at radius 1 is 1.30 bits per heavy atom. The first-order valence-electron chi connectivity index (χ1n) is 9.64. The lowest BCUT2D eigenvalue weighted by molar-refractivity contribution is -0.134. The summed E-state index contributed by atoms with van der Waals surface area (Å²) in [6.07, 6.45) is 4.84. The molecule has 0 radical (unpaired) electrons. The molecule has 4 heterocycles. The van der Waals surface area contributed by atoms with Crippen LogP contribution in [0.1, 0.15) is 49.6 Å². The third kappa shape index (κ3) is 3.36. The lowest BCUT2D eigenvalue weighted by Gasteiger charge is -2.35. The smallest absolute Gasteiger partial charge is 0.253 e. The third-order valence-electron chi connectivity index (χ3n) is 5.54. The fourth-order valence-electron chi connectivity index (χ4n) is 3.98. The quantitative estimate of drug-likeness (QED) is 0.687. The first-order chi connectivity index (χ1) is 13.1. The summed E-state index contributed by atoms with van der Waals surface area (Å²) in [7, 11) is 0. The van der Waals surface area contributed by atoms with E-state index in [4.69, 9.17) is 0 Å². The van der Waals surface area contributed by atoms with Crippen molar-refractivity contribution in [2.45, 2.75) is 58.9 Å². The van der Waals surface area contributed by atoms with Gasteiger partial charge in [0, 0.05) is 29.5 Å². The van der Waals surface area contributed by atoms with Gasteiger partial charge in [0.1, 0.15) is 0 Å². The van der Waals surface area contributed by atoms with E-state index in [9.17, 15) is 4.79 Å². The molecule has 27 heavy (non-hydrogen) atoms. The van der Waals surface area contributed by atoms with Gasteiger partial charge in [-0.25, -0.2) is 9.50 Å². The summed E-state index contributed by atoms with van der Waals surface area (Å²) in [5, 5.41) is 6.65. The van der Waals surface area contributed by atoms with E-state index in [2.05, 4.69) is 26.9 Å². The molecule has 0 N–H and O–H groups in total. The Bertz CT molecular complexity index is 963. The average Bonchev–Trinajstić information content (AvgIpc) is 3.34. The van der Waals surface area contributed by atoms with Crippen molar-refractivity contribution in [1.29, 1.82) is 0 Å². The monoisotopic (exact) mass is 383 g/mol. The van der Waals surface area contributed by atoms with E-state index >= 15 is 0 Å². The molecule has 3 aromatic heterocycles. The molecule has 0 aromatic carbocycles. The Hall–Kier alpha value is -2.28. The van der Waals surface area contributed by atoms with Crippen molar-refractivity contribution in [1.82, 2.24) is 24.5 Å². The van der Waals surface area contributed by atoms with Crippen molar-refractivity contribution >= 4 is 23.0 Å². The molecule has 1 atom stereocenters. The Kier molecular flexibility index (Phi) is 4.95. The highest BCUT2D eigenvalue weighted by Gasteiger charge is 2.26. The van der Waals surface area contributed by atoms with Crippen LogP contribution in [-0.4, -0.2) is 43.0 Å². The normalized spacial score (nSPS) is 17.6. The molecule has 3 aromatic rings. The van der Waals surface area contributed by atoms with Gasteiger partial charge in [-0.3, -0.25) is 4.79 Å². The highest BCUT2D eigenvalue weighted by Crippen LogP contribution is 2.24. The van der Waals surface area contributed by atoms with Crippen LogP contribution in [0.4, 0.5) is 0 Å². The topological polar surface area (TPSA) is 63.4 Å². The third-order valence-corrected chi connectivity index (χ3v) is 6.40. The van der Waals surface area contributed by atoms with Crippen LogP contribution in [0.15, 0.2) is 17.5 Å². The first kappa shape index (κ1) is 18.1. The predicted molar refractivity (Wildman–Crippen MR) is 107 cm³/mol. The second kappa shape index (κ2) is 7.38. The number of likely N-dealkylation sites (tertiary alicyclic amines) is 1. The number of rotatable bonds is 4. The lowest BCUT2D eigenvalue weighted by atomic mass is 9.98. The van der Waals surface area contributed by atoms with E-state index in [1.54, 1.807) is 15.9 Å². The molecule has 142 valence electrons. The zero-order chi connectivity index (χ0) is 19.0. The van der Waals surface area contributed by atoms with Crippen LogP contribution in [-0.2, 0) is 11.2 Å². The maximum atomic E-state index is 13.0. The summed E-state index contributed by atoms with van der Waals surface area (Å²) in [6, 6.07) is 4.37. The number of nitrogens with zero attached hydrogens (tertiary/aromatic N) is 5. The number of thiophene rings is 1. The van der Waals surface area contributed by atoms with Crippen LogP contribution >= 0.6 is 11.3 Å². The van der Waals surface area contributed by atoms with Gasteiger partial charge < -0.3 is 4.90 Å². The van der Waals surface area contributed by atoms with Crippen molar-refractivity contribution in [3.8, 4) is 10.7 Å². The first-order valence-corrected chi connectivity index (χ1v) is 10.5. The van der Waals surface area contributed by atoms with Gasteiger partial charge in [0.05, 0.1) is 11.3 Å². The maximum Gasteiger partial charge on any atom is 0.253 e. The summed E-state index contributed by atoms with van der Waals surface area (Å²) in [6.45, 7) is 7.01. The molecule has 0 aliphatic carbocycles. The van der Waals surface area contributed by atoms with Crippen molar-refractivity contribution < 1.29 is 4.79 Å². The van der Waals surface area contributed by atoms with Gasteiger partial charge in [0.15, 0.2) is 5.82 Å². The van der Waals surface area contributed by atoms with Gasteiger partial charge in [0.2, 0.25) is 5.91 Å². The van der Waals surface area contributed by atoms with E-state index in [0.29, 0.717) is 24.1 Å². The number of amides is 1. The zero-order valence-electron chi connectivity index (χ0n) is 16.1. The highest BCUT2D eigenvalue weighted by atomic mass is 32.1. The van der Waals surface area contributed by atoms with Crippen LogP contribution in [0.5, 0.6) is 0 Å². The van der Waals surface area contributed by atoms with Crippen LogP contribution in [0.3, 0.4) is 0 Å². The van der Waals surface area contributed by atoms with Gasteiger partial charge in [-0.2, -0.15) is 4.98 Å². The molecule has 1 amide bonds. The van der Waals surface area contributed by atoms with Gasteiger partial charge in [-0.05, 0) is 51.0 Å². The molecule has 1 aliphatic heterocycles. The molecule has 1 aliphatic rings. The number of carbonyl (C=O) groups is 1. The molecule has 0 spiro atoms. The second-order valence-corrected chi connectivity index (χ2v) is 8.16. The molecule has 0 saturated carbocycles. The molecule has 1 fully saturated rings. The summed E-state index contributed by atoms with van der Waals surface area (Å²) >= 11 is 1.61. The van der Waals surface area contributed by atoms with Crippen LogP contribution in [0, 0.1) is 13.8 Å². The standard InChI is InChI=1S/C20H25N5OS/c1-4-15-8-5-6-10-24(15)18(26)12-16-13(2)21-20-22-19(17-9-7-11-27-17)23-25(20)14(16)3/h7,9,11,15H,4-6,8,10,12H2,1-3H3/t15-/m0/s1. The lowest BCUT2D eigenvalue weighted by Crippen LogP contribution is -2.44. The molecule has 0 unspecified atom stereocenters. The fraction of sp³-hybridized carbons (Fsp3) is 0.500. The van der Waals surface area contributed by atoms with Gasteiger partial charge in [-0.15, -0.1) is 16.4 Å². The second-order valence-electron chi connectivity index (χ2n) is 7.21. The predicted octanol–water partition coefficient (Wildman–Crippen LogP) is 3.80. The van der Waals surface area contributed by atoms with Crippen molar-refractivity contribution in [3.05, 3.63) is 34.5 Å². The molecule has 7 heteroatoms. The summed E-state index contributed by atoms with van der Waals surface area (Å²) in [5.74, 6) is 1.48. The van der Waals surface area contributed by atoms with Gasteiger partial charge >= 0.3 is 0 Å². The Morgan fingerprint density at radius 3 is 2.89 bits per heavy atom. The Morgan fingerprint density at radius 2 is 2.15 bits per heavy atom. The van der Waals surface area contributed by atoms with Gasteiger partial charge in [0.25, 0.3) is 5.78 Å². The number of aryl methyl sites for hydroxylation is 2. The summed E-state index contributed by atoms with van der Waals surface area (Å²) in [5.41, 5.74) is 2.78. The summed E-state index contributed by atoms with van der Waals surface area (Å²) in [4.78, 5) is 25.3. The summed E-state index contributed by atoms with van der Waals surface area (Å²) < 4.78 is 1.78. The largest absolute Gasteiger partial charge is 0.339 e. The fourth-order valence-corrected chi connectivity index (χ4v) is 4.63. The molecule has 4 rings (SSSR count). The van der Waals surface area contributed by atoms with E-state index in [1.165, 1.54) is 6.42 Å². The zero-order valence-corrected chi connectivity index (χ0v) is 16.9. The molecule has 6 nitrogen and oxygen atoms in total. The molecular weight excluding hydrogens is 358 g/mol.